The molecule has 6 heteroatoms. The summed E-state index contributed by atoms with van der Waals surface area (Å²) in [6.07, 6.45) is 1.95. The Kier molecular flexibility index (Phi) is 3.30. The summed E-state index contributed by atoms with van der Waals surface area (Å²) in [6.45, 7) is 2.14. The Balaban J connectivity index is 1.96. The summed E-state index contributed by atoms with van der Waals surface area (Å²) in [4.78, 5) is 0. The molecule has 2 heterocycles. The van der Waals surface area contributed by atoms with Gasteiger partial charge in [0.15, 0.2) is 0 Å². The smallest absolute Gasteiger partial charge is 0.242 e. The average molecular weight is 212 g/mol. The summed E-state index contributed by atoms with van der Waals surface area (Å²) >= 11 is 0. The maximum absolute atomic E-state index is 5.67. The fourth-order valence-electron chi connectivity index (χ4n) is 1.76. The molecule has 0 aliphatic carbocycles. The van der Waals surface area contributed by atoms with Crippen molar-refractivity contribution in [3.8, 4) is 0 Å². The molecule has 1 aromatic rings. The first-order chi connectivity index (χ1) is 7.29. The number of nitrogens with two attached hydrogens (primary N) is 1. The van der Waals surface area contributed by atoms with E-state index in [-0.39, 0.29) is 0 Å². The van der Waals surface area contributed by atoms with E-state index in [9.17, 15) is 0 Å². The molecule has 0 atom stereocenters. The molecule has 1 aliphatic heterocycles. The lowest BCUT2D eigenvalue weighted by Gasteiger charge is -2.26. The Morgan fingerprint density at radius 1 is 1.47 bits per heavy atom. The van der Waals surface area contributed by atoms with Crippen molar-refractivity contribution >= 4 is 0 Å². The van der Waals surface area contributed by atoms with Gasteiger partial charge in [0.25, 0.3) is 0 Å². The van der Waals surface area contributed by atoms with Crippen LogP contribution in [0.1, 0.15) is 30.5 Å². The molecule has 2 rings (SSSR count). The van der Waals surface area contributed by atoms with Gasteiger partial charge in [-0.05, 0) is 12.8 Å². The fourth-order valence-corrected chi connectivity index (χ4v) is 1.76. The van der Waals surface area contributed by atoms with Crippen molar-refractivity contribution < 1.29 is 9.15 Å². The van der Waals surface area contributed by atoms with Crippen LogP contribution in [0.25, 0.3) is 0 Å². The van der Waals surface area contributed by atoms with Crippen LogP contribution in [-0.4, -0.2) is 35.4 Å². The molecule has 0 saturated carbocycles. The minimum Gasteiger partial charge on any atom is -0.422 e. The van der Waals surface area contributed by atoms with Crippen molar-refractivity contribution in [2.45, 2.75) is 25.4 Å². The standard InChI is InChI=1S/C9H16N4O2/c1-14-6-8-11-12-9(15-8)7-2-4-13(10)5-3-7/h7H,2-6,10H2,1H3. The second-order valence-electron chi connectivity index (χ2n) is 3.78. The van der Waals surface area contributed by atoms with Gasteiger partial charge in [-0.2, -0.15) is 0 Å². The fraction of sp³-hybridized carbons (Fsp3) is 0.778. The van der Waals surface area contributed by atoms with Crippen molar-refractivity contribution in [2.75, 3.05) is 20.2 Å². The molecule has 6 nitrogen and oxygen atoms in total. The summed E-state index contributed by atoms with van der Waals surface area (Å²) in [7, 11) is 1.61. The van der Waals surface area contributed by atoms with Gasteiger partial charge in [-0.25, -0.2) is 5.01 Å². The van der Waals surface area contributed by atoms with Crippen LogP contribution >= 0.6 is 0 Å². The Bertz CT molecular complexity index is 307. The number of piperidine rings is 1. The largest absolute Gasteiger partial charge is 0.422 e. The highest BCUT2D eigenvalue weighted by atomic mass is 16.5. The van der Waals surface area contributed by atoms with Crippen LogP contribution in [0, 0.1) is 0 Å². The second-order valence-corrected chi connectivity index (χ2v) is 3.78. The van der Waals surface area contributed by atoms with Crippen LogP contribution in [0.2, 0.25) is 0 Å². The molecule has 0 bridgehead atoms. The van der Waals surface area contributed by atoms with Gasteiger partial charge in [-0.1, -0.05) is 0 Å². The highest BCUT2D eigenvalue weighted by molar-refractivity contribution is 4.93. The van der Waals surface area contributed by atoms with E-state index in [0.29, 0.717) is 18.4 Å². The normalized spacial score (nSPS) is 19.6. The van der Waals surface area contributed by atoms with Gasteiger partial charge in [0.05, 0.1) is 0 Å². The first-order valence-electron chi connectivity index (χ1n) is 5.10. The zero-order chi connectivity index (χ0) is 10.7. The lowest BCUT2D eigenvalue weighted by atomic mass is 9.98. The summed E-state index contributed by atoms with van der Waals surface area (Å²) in [5, 5.41) is 9.76. The Labute approximate surface area is 88.4 Å². The zero-order valence-electron chi connectivity index (χ0n) is 8.85. The van der Waals surface area contributed by atoms with Gasteiger partial charge >= 0.3 is 0 Å². The van der Waals surface area contributed by atoms with E-state index in [1.54, 1.807) is 7.11 Å². The van der Waals surface area contributed by atoms with Gasteiger partial charge in [0.2, 0.25) is 11.8 Å². The van der Waals surface area contributed by atoms with E-state index in [2.05, 4.69) is 10.2 Å². The predicted octanol–water partition coefficient (Wildman–Crippen LogP) is 0.269. The third kappa shape index (κ3) is 2.53. The Hall–Kier alpha value is -0.980. The van der Waals surface area contributed by atoms with E-state index in [4.69, 9.17) is 15.0 Å². The lowest BCUT2D eigenvalue weighted by Crippen LogP contribution is -2.38. The molecule has 0 amide bonds. The number of hydrogen-bond donors (Lipinski definition) is 1. The molecular weight excluding hydrogens is 196 g/mol. The number of hydrogen-bond acceptors (Lipinski definition) is 6. The number of rotatable bonds is 3. The van der Waals surface area contributed by atoms with Crippen molar-refractivity contribution in [3.63, 3.8) is 0 Å². The number of hydrazine groups is 1. The van der Waals surface area contributed by atoms with Crippen LogP contribution in [0.4, 0.5) is 0 Å². The van der Waals surface area contributed by atoms with Crippen molar-refractivity contribution in [1.82, 2.24) is 15.2 Å². The van der Waals surface area contributed by atoms with E-state index < -0.39 is 0 Å². The van der Waals surface area contributed by atoms with Gasteiger partial charge in [0.1, 0.15) is 6.61 Å². The molecule has 84 valence electrons. The minimum atomic E-state index is 0.350. The highest BCUT2D eigenvalue weighted by Gasteiger charge is 2.23. The predicted molar refractivity (Wildman–Crippen MR) is 52.7 cm³/mol. The second kappa shape index (κ2) is 4.69. The van der Waals surface area contributed by atoms with Gasteiger partial charge in [0, 0.05) is 26.1 Å². The van der Waals surface area contributed by atoms with Crippen molar-refractivity contribution in [2.24, 2.45) is 5.84 Å². The number of methoxy groups -OCH3 is 1. The first-order valence-corrected chi connectivity index (χ1v) is 5.10. The van der Waals surface area contributed by atoms with Gasteiger partial charge in [-0.15, -0.1) is 10.2 Å². The minimum absolute atomic E-state index is 0.350. The maximum Gasteiger partial charge on any atom is 0.242 e. The van der Waals surface area contributed by atoms with Crippen LogP contribution in [0.3, 0.4) is 0 Å². The van der Waals surface area contributed by atoms with E-state index >= 15 is 0 Å². The monoisotopic (exact) mass is 212 g/mol. The van der Waals surface area contributed by atoms with Crippen molar-refractivity contribution in [3.05, 3.63) is 11.8 Å². The SMILES string of the molecule is COCc1nnc(C2CCN(N)CC2)o1. The number of nitrogens with zero attached hydrogens (tertiary/aromatic N) is 3. The maximum atomic E-state index is 5.67. The number of ether oxygens (including phenoxy) is 1. The van der Waals surface area contributed by atoms with Crippen LogP contribution in [0.15, 0.2) is 4.42 Å². The highest BCUT2D eigenvalue weighted by Crippen LogP contribution is 2.25. The molecule has 0 radical (unpaired) electrons. The Morgan fingerprint density at radius 3 is 2.87 bits per heavy atom. The lowest BCUT2D eigenvalue weighted by molar-refractivity contribution is 0.153. The van der Waals surface area contributed by atoms with Crippen LogP contribution in [-0.2, 0) is 11.3 Å². The van der Waals surface area contributed by atoms with Crippen LogP contribution in [0.5, 0.6) is 0 Å². The molecule has 0 spiro atoms. The van der Waals surface area contributed by atoms with E-state index in [1.165, 1.54) is 0 Å². The molecule has 15 heavy (non-hydrogen) atoms. The summed E-state index contributed by atoms with van der Waals surface area (Å²) in [5.74, 6) is 7.29. The molecule has 0 unspecified atom stereocenters. The molecule has 0 aromatic carbocycles. The molecule has 2 N–H and O–H groups in total. The zero-order valence-corrected chi connectivity index (χ0v) is 8.85. The Morgan fingerprint density at radius 2 is 2.20 bits per heavy atom. The van der Waals surface area contributed by atoms with E-state index in [0.717, 1.165) is 31.8 Å². The van der Waals surface area contributed by atoms with Gasteiger partial charge < -0.3 is 9.15 Å². The third-order valence-electron chi connectivity index (χ3n) is 2.63. The molecule has 1 aliphatic rings. The third-order valence-corrected chi connectivity index (χ3v) is 2.63. The molecule has 1 saturated heterocycles. The van der Waals surface area contributed by atoms with E-state index in [1.807, 2.05) is 5.01 Å². The van der Waals surface area contributed by atoms with Crippen molar-refractivity contribution in [1.29, 1.82) is 0 Å². The molecule has 1 fully saturated rings. The van der Waals surface area contributed by atoms with Crippen LogP contribution < -0.4 is 5.84 Å². The quantitative estimate of drug-likeness (QED) is 0.725. The number of aromatic nitrogens is 2. The molecular formula is C9H16N4O2. The summed E-state index contributed by atoms with van der Waals surface area (Å²) in [5.41, 5.74) is 0. The first kappa shape index (κ1) is 10.5. The molecule has 1 aromatic heterocycles. The average Bonchev–Trinajstić information content (AvgIpc) is 2.68. The summed E-state index contributed by atoms with van der Waals surface area (Å²) in [6, 6.07) is 0. The topological polar surface area (TPSA) is 77.4 Å². The van der Waals surface area contributed by atoms with Gasteiger partial charge in [-0.3, -0.25) is 5.84 Å². The summed E-state index contributed by atoms with van der Waals surface area (Å²) < 4.78 is 10.4.